The maximum absolute atomic E-state index is 13.9. The van der Waals surface area contributed by atoms with Crippen molar-refractivity contribution in [3.05, 3.63) is 89.7 Å². The Morgan fingerprint density at radius 2 is 1.46 bits per heavy atom. The molecule has 132 valence electrons. The number of hydrazone groups is 1. The van der Waals surface area contributed by atoms with Crippen LogP contribution < -0.4 is 11.2 Å². The second-order valence-corrected chi connectivity index (χ2v) is 5.52. The van der Waals surface area contributed by atoms with Gasteiger partial charge in [0.25, 0.3) is 6.43 Å². The summed E-state index contributed by atoms with van der Waals surface area (Å²) in [4.78, 5) is 0. The minimum absolute atomic E-state index is 0.0952. The van der Waals surface area contributed by atoms with Gasteiger partial charge in [0.05, 0.1) is 5.69 Å². The quantitative estimate of drug-likeness (QED) is 0.294. The van der Waals surface area contributed by atoms with Crippen molar-refractivity contribution < 1.29 is 13.2 Å². The molecule has 3 N–H and O–H groups in total. The molecule has 0 saturated carbocycles. The highest BCUT2D eigenvalue weighted by Crippen LogP contribution is 2.33. The normalized spacial score (nSPS) is 11.6. The van der Waals surface area contributed by atoms with Crippen LogP contribution in [0.4, 0.5) is 18.9 Å². The Labute approximate surface area is 149 Å². The summed E-state index contributed by atoms with van der Waals surface area (Å²) < 4.78 is 40.8. The molecular weight excluding hydrogens is 339 g/mol. The van der Waals surface area contributed by atoms with E-state index in [1.54, 1.807) is 54.6 Å². The van der Waals surface area contributed by atoms with Crippen molar-refractivity contribution in [2.45, 2.75) is 6.43 Å². The second kappa shape index (κ2) is 7.74. The summed E-state index contributed by atoms with van der Waals surface area (Å²) in [6, 6.07) is 19.1. The Kier molecular flexibility index (Phi) is 5.22. The molecule has 0 amide bonds. The van der Waals surface area contributed by atoms with Crippen molar-refractivity contribution in [2.24, 2.45) is 10.9 Å². The molecule has 0 bridgehead atoms. The van der Waals surface area contributed by atoms with Crippen LogP contribution in [-0.2, 0) is 0 Å². The summed E-state index contributed by atoms with van der Waals surface area (Å²) in [7, 11) is 0. The van der Waals surface area contributed by atoms with Crippen LogP contribution in [0.5, 0.6) is 0 Å². The second-order valence-electron chi connectivity index (χ2n) is 5.52. The molecule has 3 nitrogen and oxygen atoms in total. The molecule has 0 aromatic heterocycles. The number of hydrogen-bond acceptors (Lipinski definition) is 2. The number of anilines is 1. The number of nitrogens with zero attached hydrogens (tertiary/aromatic N) is 1. The van der Waals surface area contributed by atoms with Gasteiger partial charge in [0.15, 0.2) is 5.84 Å². The molecule has 0 unspecified atom stereocenters. The molecule has 3 aromatic rings. The third-order valence-electron chi connectivity index (χ3n) is 3.92. The number of benzene rings is 3. The van der Waals surface area contributed by atoms with Gasteiger partial charge in [-0.2, -0.15) is 5.10 Å². The number of para-hydroxylation sites is 1. The van der Waals surface area contributed by atoms with Gasteiger partial charge in [-0.15, -0.1) is 0 Å². The SMILES string of the molecule is N/N=C(\Nc1ccccc1F)c1ccccc1-c1ccccc1C(F)F. The van der Waals surface area contributed by atoms with E-state index in [0.29, 0.717) is 16.7 Å². The lowest BCUT2D eigenvalue weighted by atomic mass is 9.95. The Morgan fingerprint density at radius 1 is 0.846 bits per heavy atom. The lowest BCUT2D eigenvalue weighted by molar-refractivity contribution is 0.152. The number of amidine groups is 1. The highest BCUT2D eigenvalue weighted by atomic mass is 19.3. The molecule has 0 aliphatic carbocycles. The van der Waals surface area contributed by atoms with Gasteiger partial charge in [0, 0.05) is 11.1 Å². The maximum Gasteiger partial charge on any atom is 0.264 e. The first kappa shape index (κ1) is 17.5. The van der Waals surface area contributed by atoms with Gasteiger partial charge >= 0.3 is 0 Å². The summed E-state index contributed by atoms with van der Waals surface area (Å²) in [5.41, 5.74) is 1.48. The van der Waals surface area contributed by atoms with Crippen molar-refractivity contribution in [2.75, 3.05) is 5.32 Å². The van der Waals surface area contributed by atoms with Crippen LogP contribution in [0.3, 0.4) is 0 Å². The van der Waals surface area contributed by atoms with Crippen molar-refractivity contribution in [3.8, 4) is 11.1 Å². The fourth-order valence-electron chi connectivity index (χ4n) is 2.72. The zero-order chi connectivity index (χ0) is 18.5. The van der Waals surface area contributed by atoms with E-state index in [9.17, 15) is 13.2 Å². The standard InChI is InChI=1S/C20H16F3N3/c21-17-11-5-6-12-18(17)25-20(26-24)16-10-4-2-8-14(16)13-7-1-3-9-15(13)19(22)23/h1-12,19H,24H2,(H,25,26). The van der Waals surface area contributed by atoms with Crippen LogP contribution in [0.1, 0.15) is 17.6 Å². The first-order valence-electron chi connectivity index (χ1n) is 7.88. The molecule has 6 heteroatoms. The number of rotatable bonds is 4. The minimum atomic E-state index is -2.63. The molecule has 3 aromatic carbocycles. The van der Waals surface area contributed by atoms with E-state index in [-0.39, 0.29) is 17.1 Å². The summed E-state index contributed by atoms with van der Waals surface area (Å²) >= 11 is 0. The van der Waals surface area contributed by atoms with E-state index in [2.05, 4.69) is 10.4 Å². The third kappa shape index (κ3) is 3.54. The highest BCUT2D eigenvalue weighted by molar-refractivity contribution is 6.12. The fraction of sp³-hybridized carbons (Fsp3) is 0.0500. The van der Waals surface area contributed by atoms with E-state index >= 15 is 0 Å². The van der Waals surface area contributed by atoms with Crippen molar-refractivity contribution in [3.63, 3.8) is 0 Å². The fourth-order valence-corrected chi connectivity index (χ4v) is 2.72. The molecule has 0 saturated heterocycles. The Balaban J connectivity index is 2.08. The van der Waals surface area contributed by atoms with Crippen LogP contribution >= 0.6 is 0 Å². The van der Waals surface area contributed by atoms with Crippen molar-refractivity contribution >= 4 is 11.5 Å². The van der Waals surface area contributed by atoms with Gasteiger partial charge in [0.2, 0.25) is 0 Å². The molecule has 0 aliphatic heterocycles. The van der Waals surface area contributed by atoms with E-state index in [1.165, 1.54) is 18.2 Å². The predicted octanol–water partition coefficient (Wildman–Crippen LogP) is 5.16. The minimum Gasteiger partial charge on any atom is -0.336 e. The molecular formula is C20H16F3N3. The number of halogens is 3. The number of nitrogens with one attached hydrogen (secondary N) is 1. The van der Waals surface area contributed by atoms with Gasteiger partial charge in [-0.1, -0.05) is 60.7 Å². The van der Waals surface area contributed by atoms with Gasteiger partial charge in [0.1, 0.15) is 5.82 Å². The van der Waals surface area contributed by atoms with Crippen molar-refractivity contribution in [1.29, 1.82) is 0 Å². The molecule has 0 fully saturated rings. The first-order valence-corrected chi connectivity index (χ1v) is 7.88. The number of nitrogens with two attached hydrogens (primary N) is 1. The number of hydrogen-bond donors (Lipinski definition) is 2. The summed E-state index contributed by atoms with van der Waals surface area (Å²) in [6.07, 6.45) is -2.63. The van der Waals surface area contributed by atoms with Crippen LogP contribution in [0.2, 0.25) is 0 Å². The zero-order valence-corrected chi connectivity index (χ0v) is 13.7. The maximum atomic E-state index is 13.9. The topological polar surface area (TPSA) is 50.4 Å². The lowest BCUT2D eigenvalue weighted by Crippen LogP contribution is -2.17. The summed E-state index contributed by atoms with van der Waals surface area (Å²) in [6.45, 7) is 0. The van der Waals surface area contributed by atoms with Gasteiger partial charge in [-0.05, 0) is 23.3 Å². The van der Waals surface area contributed by atoms with Crippen molar-refractivity contribution in [1.82, 2.24) is 0 Å². The van der Waals surface area contributed by atoms with Crippen LogP contribution in [-0.4, -0.2) is 5.84 Å². The molecule has 3 rings (SSSR count). The van der Waals surface area contributed by atoms with Gasteiger partial charge < -0.3 is 11.2 Å². The summed E-state index contributed by atoms with van der Waals surface area (Å²) in [5, 5.41) is 6.54. The molecule has 0 spiro atoms. The Bertz CT molecular complexity index is 939. The third-order valence-corrected chi connectivity index (χ3v) is 3.92. The Morgan fingerprint density at radius 3 is 2.15 bits per heavy atom. The number of alkyl halides is 2. The largest absolute Gasteiger partial charge is 0.336 e. The first-order chi connectivity index (χ1) is 12.6. The molecule has 0 aliphatic rings. The van der Waals surface area contributed by atoms with Gasteiger partial charge in [-0.3, -0.25) is 0 Å². The van der Waals surface area contributed by atoms with Gasteiger partial charge in [-0.25, -0.2) is 13.2 Å². The van der Waals surface area contributed by atoms with E-state index in [1.807, 2.05) is 0 Å². The summed E-state index contributed by atoms with van der Waals surface area (Å²) in [5.74, 6) is 5.21. The van der Waals surface area contributed by atoms with Crippen LogP contribution in [0, 0.1) is 5.82 Å². The molecule has 0 atom stereocenters. The molecule has 0 radical (unpaired) electrons. The monoisotopic (exact) mass is 355 g/mol. The van der Waals surface area contributed by atoms with Crippen LogP contribution in [0.15, 0.2) is 77.9 Å². The Hall–Kier alpha value is -3.28. The van der Waals surface area contributed by atoms with Crippen LogP contribution in [0.25, 0.3) is 11.1 Å². The molecule has 0 heterocycles. The lowest BCUT2D eigenvalue weighted by Gasteiger charge is -2.16. The average molecular weight is 355 g/mol. The predicted molar refractivity (Wildman–Crippen MR) is 97.6 cm³/mol. The van der Waals surface area contributed by atoms with E-state index in [4.69, 9.17) is 5.84 Å². The highest BCUT2D eigenvalue weighted by Gasteiger charge is 2.18. The van der Waals surface area contributed by atoms with E-state index in [0.717, 1.165) is 0 Å². The average Bonchev–Trinajstić information content (AvgIpc) is 2.67. The smallest absolute Gasteiger partial charge is 0.264 e. The molecule has 26 heavy (non-hydrogen) atoms. The van der Waals surface area contributed by atoms with E-state index < -0.39 is 12.2 Å². The zero-order valence-electron chi connectivity index (χ0n) is 13.7.